The summed E-state index contributed by atoms with van der Waals surface area (Å²) in [5, 5.41) is 2.00. The summed E-state index contributed by atoms with van der Waals surface area (Å²) < 4.78 is 4.69. The first-order valence-electron chi connectivity index (χ1n) is 5.24. The minimum Gasteiger partial charge on any atom is -0.464 e. The summed E-state index contributed by atoms with van der Waals surface area (Å²) >= 11 is 0. The highest BCUT2D eigenvalue weighted by Gasteiger charge is 2.11. The number of rotatable bonds is 1. The van der Waals surface area contributed by atoms with Crippen LogP contribution in [0.5, 0.6) is 0 Å². The van der Waals surface area contributed by atoms with Crippen molar-refractivity contribution in [3.05, 3.63) is 42.2 Å². The van der Waals surface area contributed by atoms with Gasteiger partial charge in [0.25, 0.3) is 0 Å². The Balaban J connectivity index is 2.35. The molecule has 0 aliphatic carbocycles. The molecule has 4 nitrogen and oxygen atoms in total. The van der Waals surface area contributed by atoms with Crippen molar-refractivity contribution < 1.29 is 9.53 Å². The Kier molecular flexibility index (Phi) is 2.08. The molecule has 0 radical (unpaired) electrons. The van der Waals surface area contributed by atoms with Gasteiger partial charge >= 0.3 is 5.97 Å². The van der Waals surface area contributed by atoms with Gasteiger partial charge < -0.3 is 9.72 Å². The van der Waals surface area contributed by atoms with Crippen LogP contribution in [0.3, 0.4) is 0 Å². The van der Waals surface area contributed by atoms with Crippen molar-refractivity contribution in [2.75, 3.05) is 7.11 Å². The van der Waals surface area contributed by atoms with Crippen LogP contribution in [-0.2, 0) is 4.74 Å². The fourth-order valence-corrected chi connectivity index (χ4v) is 1.96. The second-order valence-corrected chi connectivity index (χ2v) is 3.78. The topological polar surface area (TPSA) is 55.0 Å². The fourth-order valence-electron chi connectivity index (χ4n) is 1.96. The Morgan fingerprint density at radius 1 is 1.29 bits per heavy atom. The van der Waals surface area contributed by atoms with Crippen LogP contribution in [-0.4, -0.2) is 23.0 Å². The third kappa shape index (κ3) is 1.45. The van der Waals surface area contributed by atoms with E-state index in [-0.39, 0.29) is 5.97 Å². The first kappa shape index (κ1) is 9.84. The van der Waals surface area contributed by atoms with Gasteiger partial charge in [-0.25, -0.2) is 4.79 Å². The normalized spacial score (nSPS) is 10.9. The average Bonchev–Trinajstić information content (AvgIpc) is 2.82. The molecular weight excluding hydrogens is 216 g/mol. The number of aromatic amines is 1. The van der Waals surface area contributed by atoms with Gasteiger partial charge in [0, 0.05) is 17.0 Å². The van der Waals surface area contributed by atoms with Crippen LogP contribution in [0.2, 0.25) is 0 Å². The van der Waals surface area contributed by atoms with Gasteiger partial charge in [-0.05, 0) is 12.1 Å². The van der Waals surface area contributed by atoms with Crippen molar-refractivity contribution in [1.82, 2.24) is 9.97 Å². The van der Waals surface area contributed by atoms with E-state index in [1.54, 1.807) is 12.3 Å². The molecule has 0 saturated heterocycles. The number of benzene rings is 1. The molecule has 4 heteroatoms. The molecule has 1 aromatic carbocycles. The summed E-state index contributed by atoms with van der Waals surface area (Å²) in [4.78, 5) is 18.8. The van der Waals surface area contributed by atoms with Gasteiger partial charge in [-0.1, -0.05) is 18.2 Å². The lowest BCUT2D eigenvalue weighted by atomic mass is 10.1. The number of ether oxygens (including phenoxy) is 1. The summed E-state index contributed by atoms with van der Waals surface area (Å²) in [7, 11) is 1.37. The van der Waals surface area contributed by atoms with E-state index >= 15 is 0 Å². The number of aromatic nitrogens is 2. The summed E-state index contributed by atoms with van der Waals surface area (Å²) in [5.74, 6) is -0.370. The quantitative estimate of drug-likeness (QED) is 0.648. The number of methoxy groups -OCH3 is 1. The number of carbonyl (C=O) groups excluding carboxylic acids is 1. The van der Waals surface area contributed by atoms with Gasteiger partial charge in [0.05, 0.1) is 18.1 Å². The second-order valence-electron chi connectivity index (χ2n) is 3.78. The Labute approximate surface area is 97.2 Å². The summed E-state index contributed by atoms with van der Waals surface area (Å²) in [6.07, 6.45) is 1.74. The zero-order valence-corrected chi connectivity index (χ0v) is 9.23. The molecule has 84 valence electrons. The van der Waals surface area contributed by atoms with Crippen molar-refractivity contribution >= 4 is 27.8 Å². The van der Waals surface area contributed by atoms with Gasteiger partial charge in [0.1, 0.15) is 5.69 Å². The Hall–Kier alpha value is -2.36. The Morgan fingerprint density at radius 3 is 2.94 bits per heavy atom. The Bertz CT molecular complexity index is 716. The number of fused-ring (bicyclic) bond motifs is 3. The van der Waals surface area contributed by atoms with Crippen LogP contribution in [0, 0.1) is 0 Å². The zero-order valence-electron chi connectivity index (χ0n) is 9.23. The molecule has 2 aromatic heterocycles. The molecule has 17 heavy (non-hydrogen) atoms. The van der Waals surface area contributed by atoms with Crippen LogP contribution in [0.25, 0.3) is 21.8 Å². The van der Waals surface area contributed by atoms with E-state index in [1.807, 2.05) is 24.3 Å². The average molecular weight is 226 g/mol. The highest BCUT2D eigenvalue weighted by molar-refractivity contribution is 6.06. The first-order valence-corrected chi connectivity index (χ1v) is 5.24. The number of hydrogen-bond acceptors (Lipinski definition) is 3. The molecule has 0 saturated carbocycles. The minimum atomic E-state index is -0.370. The molecule has 0 aliphatic heterocycles. The maximum Gasteiger partial charge on any atom is 0.354 e. The predicted molar refractivity (Wildman–Crippen MR) is 64.9 cm³/mol. The number of hydrogen-bond donors (Lipinski definition) is 1. The minimum absolute atomic E-state index is 0.370. The molecule has 0 atom stereocenters. The molecule has 2 heterocycles. The molecule has 0 spiro atoms. The van der Waals surface area contributed by atoms with Crippen molar-refractivity contribution in [1.29, 1.82) is 0 Å². The van der Waals surface area contributed by atoms with E-state index in [0.717, 1.165) is 21.8 Å². The number of nitrogens with one attached hydrogen (secondary N) is 1. The van der Waals surface area contributed by atoms with E-state index < -0.39 is 0 Å². The fraction of sp³-hybridized carbons (Fsp3) is 0.0769. The standard InChI is InChI=1S/C13H10N2O2/c1-17-13(16)10-7-9-5-4-8-3-2-6-14-11(8)12(9)15-10/h2-7,15H,1H3. The summed E-state index contributed by atoms with van der Waals surface area (Å²) in [5.41, 5.74) is 2.17. The highest BCUT2D eigenvalue weighted by Crippen LogP contribution is 2.23. The zero-order chi connectivity index (χ0) is 11.8. The lowest BCUT2D eigenvalue weighted by molar-refractivity contribution is 0.0595. The van der Waals surface area contributed by atoms with E-state index in [4.69, 9.17) is 0 Å². The highest BCUT2D eigenvalue weighted by atomic mass is 16.5. The number of H-pyrrole nitrogens is 1. The maximum absolute atomic E-state index is 11.4. The third-order valence-electron chi connectivity index (χ3n) is 2.77. The number of pyridine rings is 1. The number of esters is 1. The van der Waals surface area contributed by atoms with Crippen LogP contribution in [0.15, 0.2) is 36.5 Å². The molecule has 0 bridgehead atoms. The van der Waals surface area contributed by atoms with Crippen LogP contribution < -0.4 is 0 Å². The largest absolute Gasteiger partial charge is 0.464 e. The Morgan fingerprint density at radius 2 is 2.12 bits per heavy atom. The first-order chi connectivity index (χ1) is 8.29. The molecule has 0 fully saturated rings. The van der Waals surface area contributed by atoms with Crippen molar-refractivity contribution in [2.45, 2.75) is 0 Å². The molecular formula is C13H10N2O2. The third-order valence-corrected chi connectivity index (χ3v) is 2.77. The SMILES string of the molecule is COC(=O)c1cc2ccc3cccnc3c2[nH]1. The van der Waals surface area contributed by atoms with Gasteiger partial charge in [-0.3, -0.25) is 4.98 Å². The van der Waals surface area contributed by atoms with Crippen molar-refractivity contribution in [2.24, 2.45) is 0 Å². The van der Waals surface area contributed by atoms with Crippen molar-refractivity contribution in [3.63, 3.8) is 0 Å². The van der Waals surface area contributed by atoms with Crippen LogP contribution in [0.4, 0.5) is 0 Å². The number of carbonyl (C=O) groups is 1. The molecule has 0 aliphatic rings. The molecule has 0 amide bonds. The van der Waals surface area contributed by atoms with Crippen molar-refractivity contribution in [3.8, 4) is 0 Å². The molecule has 0 unspecified atom stereocenters. The van der Waals surface area contributed by atoms with Gasteiger partial charge in [-0.2, -0.15) is 0 Å². The predicted octanol–water partition coefficient (Wildman–Crippen LogP) is 2.50. The van der Waals surface area contributed by atoms with Crippen LogP contribution >= 0.6 is 0 Å². The van der Waals surface area contributed by atoms with Gasteiger partial charge in [0.15, 0.2) is 0 Å². The van der Waals surface area contributed by atoms with Gasteiger partial charge in [0.2, 0.25) is 0 Å². The van der Waals surface area contributed by atoms with E-state index in [1.165, 1.54) is 7.11 Å². The van der Waals surface area contributed by atoms with Crippen LogP contribution in [0.1, 0.15) is 10.5 Å². The molecule has 3 rings (SSSR count). The smallest absolute Gasteiger partial charge is 0.354 e. The summed E-state index contributed by atoms with van der Waals surface area (Å²) in [6, 6.07) is 9.59. The lowest BCUT2D eigenvalue weighted by Gasteiger charge is -1.97. The van der Waals surface area contributed by atoms with E-state index in [2.05, 4.69) is 14.7 Å². The number of nitrogens with zero attached hydrogens (tertiary/aromatic N) is 1. The summed E-state index contributed by atoms with van der Waals surface area (Å²) in [6.45, 7) is 0. The monoisotopic (exact) mass is 226 g/mol. The lowest BCUT2D eigenvalue weighted by Crippen LogP contribution is -2.00. The van der Waals surface area contributed by atoms with Gasteiger partial charge in [-0.15, -0.1) is 0 Å². The molecule has 3 aromatic rings. The second kappa shape index (κ2) is 3.59. The molecule has 1 N–H and O–H groups in total. The maximum atomic E-state index is 11.4. The van der Waals surface area contributed by atoms with E-state index in [9.17, 15) is 4.79 Å². The van der Waals surface area contributed by atoms with E-state index in [0.29, 0.717) is 5.69 Å².